The number of piperidine rings is 1. The molecule has 1 N–H and O–H groups in total. The van der Waals surface area contributed by atoms with Crippen molar-refractivity contribution in [2.75, 3.05) is 46.5 Å². The molecule has 1 aliphatic rings. The zero-order valence-corrected chi connectivity index (χ0v) is 13.2. The number of nitrogens with one attached hydrogen (secondary N) is 1. The van der Waals surface area contributed by atoms with Crippen molar-refractivity contribution in [1.82, 2.24) is 10.2 Å². The molecule has 1 aliphatic heterocycles. The van der Waals surface area contributed by atoms with Gasteiger partial charge in [-0.1, -0.05) is 6.92 Å². The van der Waals surface area contributed by atoms with Crippen molar-refractivity contribution in [2.24, 2.45) is 5.92 Å². The summed E-state index contributed by atoms with van der Waals surface area (Å²) in [6, 6.07) is -0.212. The molecule has 0 amide bonds. The second-order valence-electron chi connectivity index (χ2n) is 5.48. The summed E-state index contributed by atoms with van der Waals surface area (Å²) < 4.78 is 10.4. The maximum absolute atomic E-state index is 12.0. The zero-order chi connectivity index (χ0) is 14.8. The van der Waals surface area contributed by atoms with Crippen LogP contribution in [0.25, 0.3) is 0 Å². The summed E-state index contributed by atoms with van der Waals surface area (Å²) in [7, 11) is 1.75. The number of carbonyl (C=O) groups is 1. The van der Waals surface area contributed by atoms with Gasteiger partial charge in [-0.05, 0) is 45.2 Å². The Morgan fingerprint density at radius 3 is 2.90 bits per heavy atom. The van der Waals surface area contributed by atoms with Gasteiger partial charge in [0.1, 0.15) is 6.04 Å². The topological polar surface area (TPSA) is 50.8 Å². The lowest BCUT2D eigenvalue weighted by Crippen LogP contribution is -2.50. The predicted molar refractivity (Wildman–Crippen MR) is 79.8 cm³/mol. The van der Waals surface area contributed by atoms with E-state index in [0.29, 0.717) is 12.5 Å². The third kappa shape index (κ3) is 6.20. The van der Waals surface area contributed by atoms with Crippen LogP contribution in [-0.4, -0.2) is 63.4 Å². The first-order valence-corrected chi connectivity index (χ1v) is 7.82. The van der Waals surface area contributed by atoms with Crippen LogP contribution < -0.4 is 5.32 Å². The third-order valence-corrected chi connectivity index (χ3v) is 3.66. The second-order valence-corrected chi connectivity index (χ2v) is 5.48. The number of methoxy groups -OCH3 is 1. The molecule has 0 aliphatic carbocycles. The highest BCUT2D eigenvalue weighted by molar-refractivity contribution is 5.76. The van der Waals surface area contributed by atoms with Crippen LogP contribution in [0.3, 0.4) is 0 Å². The summed E-state index contributed by atoms with van der Waals surface area (Å²) in [6.07, 6.45) is 3.41. The first-order chi connectivity index (χ1) is 9.71. The van der Waals surface area contributed by atoms with E-state index in [9.17, 15) is 4.79 Å². The standard InChI is InChI=1S/C15H30N2O3/c1-4-8-16-14(15(18)20-5-2)11-17-9-6-7-13(10-17)12-19-3/h13-14,16H,4-12H2,1-3H3. The van der Waals surface area contributed by atoms with Crippen molar-refractivity contribution >= 4 is 5.97 Å². The van der Waals surface area contributed by atoms with Gasteiger partial charge < -0.3 is 19.7 Å². The molecule has 118 valence electrons. The second kappa shape index (κ2) is 10.1. The maximum atomic E-state index is 12.0. The number of hydrogen-bond donors (Lipinski definition) is 1. The van der Waals surface area contributed by atoms with Crippen molar-refractivity contribution in [3.63, 3.8) is 0 Å². The number of ether oxygens (including phenoxy) is 2. The molecule has 20 heavy (non-hydrogen) atoms. The van der Waals surface area contributed by atoms with E-state index in [4.69, 9.17) is 9.47 Å². The summed E-state index contributed by atoms with van der Waals surface area (Å²) in [6.45, 7) is 8.85. The molecule has 0 bridgehead atoms. The molecule has 0 radical (unpaired) electrons. The minimum absolute atomic E-state index is 0.130. The number of likely N-dealkylation sites (tertiary alicyclic amines) is 1. The molecular weight excluding hydrogens is 256 g/mol. The van der Waals surface area contributed by atoms with Crippen molar-refractivity contribution in [1.29, 1.82) is 0 Å². The molecule has 0 aromatic heterocycles. The van der Waals surface area contributed by atoms with E-state index in [1.54, 1.807) is 7.11 Å². The van der Waals surface area contributed by atoms with E-state index < -0.39 is 0 Å². The van der Waals surface area contributed by atoms with Crippen LogP contribution in [0.15, 0.2) is 0 Å². The molecule has 0 aromatic rings. The number of carbonyl (C=O) groups excluding carboxylic acids is 1. The van der Waals surface area contributed by atoms with Crippen LogP contribution in [0.1, 0.15) is 33.1 Å². The first kappa shape index (κ1) is 17.4. The molecule has 2 atom stereocenters. The van der Waals surface area contributed by atoms with E-state index in [1.165, 1.54) is 12.8 Å². The van der Waals surface area contributed by atoms with Crippen LogP contribution in [0.2, 0.25) is 0 Å². The Morgan fingerprint density at radius 2 is 2.25 bits per heavy atom. The molecular formula is C15H30N2O3. The molecule has 0 saturated carbocycles. The van der Waals surface area contributed by atoms with Gasteiger partial charge in [-0.2, -0.15) is 0 Å². The minimum atomic E-state index is -0.212. The SMILES string of the molecule is CCCNC(CN1CCCC(COC)C1)C(=O)OCC. The van der Waals surface area contributed by atoms with Gasteiger partial charge in [0.15, 0.2) is 0 Å². The normalized spacial score (nSPS) is 21.6. The number of rotatable bonds is 9. The van der Waals surface area contributed by atoms with Gasteiger partial charge in [-0.25, -0.2) is 0 Å². The van der Waals surface area contributed by atoms with E-state index in [-0.39, 0.29) is 12.0 Å². The van der Waals surface area contributed by atoms with Gasteiger partial charge in [-0.3, -0.25) is 4.79 Å². The van der Waals surface area contributed by atoms with E-state index in [2.05, 4.69) is 17.1 Å². The van der Waals surface area contributed by atoms with Gasteiger partial charge in [0, 0.05) is 20.2 Å². The Morgan fingerprint density at radius 1 is 1.45 bits per heavy atom. The number of esters is 1. The molecule has 2 unspecified atom stereocenters. The average Bonchev–Trinajstić information content (AvgIpc) is 2.44. The molecule has 1 rings (SSSR count). The van der Waals surface area contributed by atoms with Gasteiger partial charge in [0.25, 0.3) is 0 Å². The molecule has 5 heteroatoms. The maximum Gasteiger partial charge on any atom is 0.324 e. The highest BCUT2D eigenvalue weighted by Gasteiger charge is 2.26. The quantitative estimate of drug-likeness (QED) is 0.647. The third-order valence-electron chi connectivity index (χ3n) is 3.66. The Bertz CT molecular complexity index is 272. The van der Waals surface area contributed by atoms with Gasteiger partial charge >= 0.3 is 5.97 Å². The number of hydrogen-bond acceptors (Lipinski definition) is 5. The summed E-state index contributed by atoms with van der Waals surface area (Å²) in [5, 5.41) is 3.30. The van der Waals surface area contributed by atoms with Gasteiger partial charge in [-0.15, -0.1) is 0 Å². The average molecular weight is 286 g/mol. The molecule has 0 spiro atoms. The van der Waals surface area contributed by atoms with Crippen LogP contribution in [-0.2, 0) is 14.3 Å². The van der Waals surface area contributed by atoms with E-state index in [1.807, 2.05) is 6.92 Å². The Balaban J connectivity index is 2.47. The van der Waals surface area contributed by atoms with E-state index in [0.717, 1.165) is 39.2 Å². The molecule has 0 aromatic carbocycles. The minimum Gasteiger partial charge on any atom is -0.465 e. The fourth-order valence-electron chi connectivity index (χ4n) is 2.73. The van der Waals surface area contributed by atoms with Gasteiger partial charge in [0.05, 0.1) is 13.2 Å². The predicted octanol–water partition coefficient (Wildman–Crippen LogP) is 1.28. The van der Waals surface area contributed by atoms with Crippen LogP contribution in [0, 0.1) is 5.92 Å². The van der Waals surface area contributed by atoms with Crippen molar-refractivity contribution < 1.29 is 14.3 Å². The molecule has 1 fully saturated rings. The monoisotopic (exact) mass is 286 g/mol. The Labute approximate surface area is 123 Å². The largest absolute Gasteiger partial charge is 0.465 e. The van der Waals surface area contributed by atoms with Crippen molar-refractivity contribution in [2.45, 2.75) is 39.2 Å². The highest BCUT2D eigenvalue weighted by Crippen LogP contribution is 2.16. The lowest BCUT2D eigenvalue weighted by atomic mass is 9.98. The smallest absolute Gasteiger partial charge is 0.324 e. The first-order valence-electron chi connectivity index (χ1n) is 7.82. The number of nitrogens with zero attached hydrogens (tertiary/aromatic N) is 1. The van der Waals surface area contributed by atoms with E-state index >= 15 is 0 Å². The summed E-state index contributed by atoms with van der Waals surface area (Å²) in [5.41, 5.74) is 0. The van der Waals surface area contributed by atoms with Crippen LogP contribution in [0.4, 0.5) is 0 Å². The zero-order valence-electron chi connectivity index (χ0n) is 13.2. The summed E-state index contributed by atoms with van der Waals surface area (Å²) in [4.78, 5) is 14.4. The van der Waals surface area contributed by atoms with Crippen molar-refractivity contribution in [3.05, 3.63) is 0 Å². The lowest BCUT2D eigenvalue weighted by Gasteiger charge is -2.34. The Kier molecular flexibility index (Phi) is 8.82. The molecule has 5 nitrogen and oxygen atoms in total. The molecule has 1 heterocycles. The summed E-state index contributed by atoms with van der Waals surface area (Å²) >= 11 is 0. The van der Waals surface area contributed by atoms with Crippen molar-refractivity contribution in [3.8, 4) is 0 Å². The fraction of sp³-hybridized carbons (Fsp3) is 0.933. The lowest BCUT2D eigenvalue weighted by molar-refractivity contribution is -0.146. The van der Waals surface area contributed by atoms with Crippen LogP contribution in [0.5, 0.6) is 0 Å². The van der Waals surface area contributed by atoms with Gasteiger partial charge in [0.2, 0.25) is 0 Å². The highest BCUT2D eigenvalue weighted by atomic mass is 16.5. The van der Waals surface area contributed by atoms with Crippen LogP contribution >= 0.6 is 0 Å². The Hall–Kier alpha value is -0.650. The summed E-state index contributed by atoms with van der Waals surface area (Å²) in [5.74, 6) is 0.456. The fourth-order valence-corrected chi connectivity index (χ4v) is 2.73. The molecule has 1 saturated heterocycles.